The molecular weight excluding hydrogens is 122 g/mol. The molecule has 0 atom stereocenters. The van der Waals surface area contributed by atoms with Crippen LogP contribution in [0.1, 0.15) is 20.3 Å². The van der Waals surface area contributed by atoms with E-state index in [-0.39, 0.29) is 0 Å². The van der Waals surface area contributed by atoms with Gasteiger partial charge in [-0.3, -0.25) is 4.99 Å². The minimum Gasteiger partial charge on any atom is -0.297 e. The van der Waals surface area contributed by atoms with Crippen LogP contribution in [-0.2, 0) is 0 Å². The molecule has 0 aromatic heterocycles. The van der Waals surface area contributed by atoms with Gasteiger partial charge in [0.15, 0.2) is 0 Å². The van der Waals surface area contributed by atoms with Crippen molar-refractivity contribution in [1.29, 1.82) is 0 Å². The van der Waals surface area contributed by atoms with E-state index < -0.39 is 0 Å². The van der Waals surface area contributed by atoms with Gasteiger partial charge >= 0.3 is 0 Å². The summed E-state index contributed by atoms with van der Waals surface area (Å²) < 4.78 is 0. The Bertz CT molecular complexity index is 152. The van der Waals surface area contributed by atoms with Crippen molar-refractivity contribution in [2.75, 3.05) is 7.05 Å². The summed E-state index contributed by atoms with van der Waals surface area (Å²) in [5, 5.41) is 0. The largest absolute Gasteiger partial charge is 0.297 e. The van der Waals surface area contributed by atoms with Crippen molar-refractivity contribution in [3.63, 3.8) is 0 Å². The molecule has 0 aliphatic carbocycles. The minimum absolute atomic E-state index is 0.959. The molecule has 0 spiro atoms. The maximum Gasteiger partial charge on any atom is 0.0276 e. The zero-order valence-corrected chi connectivity index (χ0v) is 6.96. The third-order valence-electron chi connectivity index (χ3n) is 1.23. The number of allylic oxidation sites excluding steroid dienone is 4. The first-order valence-electron chi connectivity index (χ1n) is 3.51. The van der Waals surface area contributed by atoms with E-state index in [0.29, 0.717) is 0 Å². The van der Waals surface area contributed by atoms with Gasteiger partial charge in [0.25, 0.3) is 0 Å². The van der Waals surface area contributed by atoms with Crippen LogP contribution in [0.25, 0.3) is 0 Å². The molecule has 0 bridgehead atoms. The summed E-state index contributed by atoms with van der Waals surface area (Å²) in [4.78, 5) is 4.03. The molecule has 0 amide bonds. The summed E-state index contributed by atoms with van der Waals surface area (Å²) in [6.45, 7) is 4.03. The Morgan fingerprint density at radius 1 is 1.40 bits per heavy atom. The summed E-state index contributed by atoms with van der Waals surface area (Å²) in [6.07, 6.45) is 9.12. The fourth-order valence-electron chi connectivity index (χ4n) is 0.520. The fourth-order valence-corrected chi connectivity index (χ4v) is 0.520. The molecule has 0 unspecified atom stereocenters. The quantitative estimate of drug-likeness (QED) is 0.419. The number of aliphatic imine (C=N–C) groups is 1. The van der Waals surface area contributed by atoms with Gasteiger partial charge in [0.1, 0.15) is 0 Å². The third-order valence-corrected chi connectivity index (χ3v) is 1.23. The molecule has 0 saturated heterocycles. The van der Waals surface area contributed by atoms with Crippen molar-refractivity contribution < 1.29 is 0 Å². The normalized spacial score (nSPS) is 13.7. The van der Waals surface area contributed by atoms with Gasteiger partial charge in [-0.2, -0.15) is 0 Å². The van der Waals surface area contributed by atoms with Crippen molar-refractivity contribution >= 4 is 5.71 Å². The van der Waals surface area contributed by atoms with Crippen LogP contribution in [-0.4, -0.2) is 12.8 Å². The van der Waals surface area contributed by atoms with Crippen molar-refractivity contribution in [2.45, 2.75) is 20.3 Å². The highest BCUT2D eigenvalue weighted by Gasteiger charge is 1.80. The lowest BCUT2D eigenvalue weighted by molar-refractivity contribution is 1.33. The SMILES string of the molecule is C/C=C\C=C\CC(C)=NC. The van der Waals surface area contributed by atoms with Crippen LogP contribution in [0, 0.1) is 0 Å². The highest BCUT2D eigenvalue weighted by atomic mass is 14.7. The first kappa shape index (κ1) is 9.15. The molecular formula is C9H15N. The van der Waals surface area contributed by atoms with Crippen LogP contribution < -0.4 is 0 Å². The Hall–Kier alpha value is -0.850. The second-order valence-electron chi connectivity index (χ2n) is 2.12. The number of hydrogen-bond acceptors (Lipinski definition) is 1. The van der Waals surface area contributed by atoms with Gasteiger partial charge in [0, 0.05) is 19.2 Å². The average Bonchev–Trinajstić information content (AvgIpc) is 1.98. The third kappa shape index (κ3) is 5.29. The monoisotopic (exact) mass is 137 g/mol. The van der Waals surface area contributed by atoms with Crippen LogP contribution in [0.15, 0.2) is 29.3 Å². The lowest BCUT2D eigenvalue weighted by atomic mass is 10.3. The summed E-state index contributed by atoms with van der Waals surface area (Å²) in [5.41, 5.74) is 1.17. The molecule has 0 saturated carbocycles. The molecule has 0 aromatic rings. The van der Waals surface area contributed by atoms with Crippen LogP contribution in [0.3, 0.4) is 0 Å². The van der Waals surface area contributed by atoms with Gasteiger partial charge in [-0.15, -0.1) is 0 Å². The average molecular weight is 137 g/mol. The van der Waals surface area contributed by atoms with Crippen molar-refractivity contribution in [1.82, 2.24) is 0 Å². The second kappa shape index (κ2) is 6.27. The maximum absolute atomic E-state index is 4.03. The molecule has 0 aromatic carbocycles. The highest BCUT2D eigenvalue weighted by Crippen LogP contribution is 1.87. The van der Waals surface area contributed by atoms with Gasteiger partial charge in [0.05, 0.1) is 0 Å². The van der Waals surface area contributed by atoms with Crippen LogP contribution >= 0.6 is 0 Å². The Morgan fingerprint density at radius 2 is 2.10 bits per heavy atom. The lowest BCUT2D eigenvalue weighted by Crippen LogP contribution is -1.85. The van der Waals surface area contributed by atoms with E-state index in [4.69, 9.17) is 0 Å². The van der Waals surface area contributed by atoms with E-state index in [9.17, 15) is 0 Å². The molecule has 0 radical (unpaired) electrons. The van der Waals surface area contributed by atoms with Gasteiger partial charge in [-0.1, -0.05) is 24.3 Å². The molecule has 0 heterocycles. The lowest BCUT2D eigenvalue weighted by Gasteiger charge is -1.88. The molecule has 0 N–H and O–H groups in total. The summed E-state index contributed by atoms with van der Waals surface area (Å²) in [7, 11) is 1.82. The van der Waals surface area contributed by atoms with Gasteiger partial charge in [0.2, 0.25) is 0 Å². The Morgan fingerprint density at radius 3 is 2.60 bits per heavy atom. The Kier molecular flexibility index (Phi) is 5.74. The van der Waals surface area contributed by atoms with Crippen molar-refractivity contribution in [3.05, 3.63) is 24.3 Å². The number of nitrogens with zero attached hydrogens (tertiary/aromatic N) is 1. The predicted molar refractivity (Wildman–Crippen MR) is 47.6 cm³/mol. The van der Waals surface area contributed by atoms with E-state index in [1.807, 2.05) is 39.1 Å². The molecule has 0 fully saturated rings. The molecule has 1 heteroatoms. The molecule has 0 aliphatic heterocycles. The fraction of sp³-hybridized carbons (Fsp3) is 0.444. The van der Waals surface area contributed by atoms with E-state index in [1.54, 1.807) is 0 Å². The molecule has 1 nitrogen and oxygen atoms in total. The topological polar surface area (TPSA) is 12.4 Å². The predicted octanol–water partition coefficient (Wildman–Crippen LogP) is 2.60. The van der Waals surface area contributed by atoms with E-state index in [0.717, 1.165) is 6.42 Å². The Labute approximate surface area is 63.2 Å². The zero-order valence-electron chi connectivity index (χ0n) is 6.96. The Balaban J connectivity index is 3.53. The number of hydrogen-bond donors (Lipinski definition) is 0. The summed E-state index contributed by atoms with van der Waals surface area (Å²) >= 11 is 0. The van der Waals surface area contributed by atoms with Gasteiger partial charge in [-0.25, -0.2) is 0 Å². The minimum atomic E-state index is 0.959. The van der Waals surface area contributed by atoms with Gasteiger partial charge < -0.3 is 0 Å². The molecule has 10 heavy (non-hydrogen) atoms. The van der Waals surface area contributed by atoms with Crippen molar-refractivity contribution in [3.8, 4) is 0 Å². The molecule has 0 aliphatic rings. The summed E-state index contributed by atoms with van der Waals surface area (Å²) in [6, 6.07) is 0. The van der Waals surface area contributed by atoms with Crippen molar-refractivity contribution in [2.24, 2.45) is 4.99 Å². The second-order valence-corrected chi connectivity index (χ2v) is 2.12. The molecule has 0 rings (SSSR count). The molecule has 56 valence electrons. The van der Waals surface area contributed by atoms with E-state index in [2.05, 4.69) is 11.1 Å². The first-order valence-corrected chi connectivity index (χ1v) is 3.51. The summed E-state index contributed by atoms with van der Waals surface area (Å²) in [5.74, 6) is 0. The van der Waals surface area contributed by atoms with Gasteiger partial charge in [-0.05, 0) is 13.8 Å². The van der Waals surface area contributed by atoms with Crippen LogP contribution in [0.4, 0.5) is 0 Å². The number of rotatable bonds is 3. The van der Waals surface area contributed by atoms with E-state index in [1.165, 1.54) is 5.71 Å². The maximum atomic E-state index is 4.03. The first-order chi connectivity index (χ1) is 4.81. The smallest absolute Gasteiger partial charge is 0.0276 e. The van der Waals surface area contributed by atoms with E-state index >= 15 is 0 Å². The van der Waals surface area contributed by atoms with Crippen LogP contribution in [0.2, 0.25) is 0 Å². The highest BCUT2D eigenvalue weighted by molar-refractivity contribution is 5.83. The zero-order chi connectivity index (χ0) is 7.82. The van der Waals surface area contributed by atoms with Crippen LogP contribution in [0.5, 0.6) is 0 Å². The standard InChI is InChI=1S/C9H15N/c1-4-5-6-7-8-9(2)10-3/h4-7H,8H2,1-3H3/b5-4-,7-6+,10-9?.